The average Bonchev–Trinajstić information content (AvgIpc) is 2.28. The van der Waals surface area contributed by atoms with E-state index in [1.807, 2.05) is 0 Å². The van der Waals surface area contributed by atoms with Gasteiger partial charge in [-0.25, -0.2) is 0 Å². The molecular formula is C15H21NO3. The van der Waals surface area contributed by atoms with Crippen molar-refractivity contribution < 1.29 is 14.7 Å². The Morgan fingerprint density at radius 1 is 1.37 bits per heavy atom. The highest BCUT2D eigenvalue weighted by Crippen LogP contribution is 2.14. The zero-order valence-electron chi connectivity index (χ0n) is 11.5. The largest absolute Gasteiger partial charge is 0.481 e. The van der Waals surface area contributed by atoms with Crippen LogP contribution in [-0.4, -0.2) is 17.0 Å². The van der Waals surface area contributed by atoms with Gasteiger partial charge in [0.2, 0.25) is 5.91 Å². The van der Waals surface area contributed by atoms with E-state index >= 15 is 0 Å². The van der Waals surface area contributed by atoms with E-state index in [1.165, 1.54) is 0 Å². The third-order valence-corrected chi connectivity index (χ3v) is 2.88. The number of hydrogen-bond acceptors (Lipinski definition) is 2. The Labute approximate surface area is 113 Å². The molecule has 1 atom stereocenters. The molecule has 0 heterocycles. The maximum absolute atomic E-state index is 11.8. The van der Waals surface area contributed by atoms with Gasteiger partial charge in [-0.3, -0.25) is 9.59 Å². The number of carboxylic acids is 1. The summed E-state index contributed by atoms with van der Waals surface area (Å²) in [6, 6.07) is 6.97. The summed E-state index contributed by atoms with van der Waals surface area (Å²) in [4.78, 5) is 22.4. The topological polar surface area (TPSA) is 66.4 Å². The van der Waals surface area contributed by atoms with Crippen LogP contribution in [0.5, 0.6) is 0 Å². The minimum Gasteiger partial charge on any atom is -0.481 e. The number of carbonyl (C=O) groups is 2. The average molecular weight is 263 g/mol. The molecule has 0 saturated carbocycles. The molecule has 1 aromatic carbocycles. The van der Waals surface area contributed by atoms with Crippen molar-refractivity contribution in [3.63, 3.8) is 0 Å². The number of carbonyl (C=O) groups excluding carboxylic acids is 1. The number of carboxylic acid groups (broad SMARTS) is 1. The Hall–Kier alpha value is -1.84. The van der Waals surface area contributed by atoms with Crippen molar-refractivity contribution in [3.8, 4) is 0 Å². The molecule has 0 fully saturated rings. The second-order valence-electron chi connectivity index (χ2n) is 4.92. The molecule has 0 aliphatic rings. The Kier molecular flexibility index (Phi) is 6.06. The van der Waals surface area contributed by atoms with Crippen LogP contribution in [0.1, 0.15) is 38.7 Å². The summed E-state index contributed by atoms with van der Waals surface area (Å²) >= 11 is 0. The van der Waals surface area contributed by atoms with E-state index in [2.05, 4.69) is 19.2 Å². The quantitative estimate of drug-likeness (QED) is 0.794. The zero-order valence-corrected chi connectivity index (χ0v) is 11.5. The highest BCUT2D eigenvalue weighted by Gasteiger charge is 2.09. The lowest BCUT2D eigenvalue weighted by molar-refractivity contribution is -0.136. The minimum absolute atomic E-state index is 0.0200. The summed E-state index contributed by atoms with van der Waals surface area (Å²) in [6.07, 6.45) is 2.57. The second-order valence-corrected chi connectivity index (χ2v) is 4.92. The van der Waals surface area contributed by atoms with Crippen LogP contribution in [0.15, 0.2) is 24.3 Å². The maximum Gasteiger partial charge on any atom is 0.307 e. The Morgan fingerprint density at radius 2 is 2.11 bits per heavy atom. The summed E-state index contributed by atoms with van der Waals surface area (Å²) in [6.45, 7) is 4.16. The molecule has 1 unspecified atom stereocenters. The van der Waals surface area contributed by atoms with Crippen molar-refractivity contribution in [3.05, 3.63) is 29.8 Å². The number of hydrogen-bond donors (Lipinski definition) is 2. The van der Waals surface area contributed by atoms with Crippen molar-refractivity contribution in [2.24, 2.45) is 5.92 Å². The lowest BCUT2D eigenvalue weighted by atomic mass is 10.0. The van der Waals surface area contributed by atoms with Crippen LogP contribution in [-0.2, 0) is 16.0 Å². The molecule has 0 aliphatic heterocycles. The first-order chi connectivity index (χ1) is 9.01. The number of anilines is 1. The molecule has 0 aromatic heterocycles. The third-order valence-electron chi connectivity index (χ3n) is 2.88. The van der Waals surface area contributed by atoms with Gasteiger partial charge in [-0.05, 0) is 23.6 Å². The minimum atomic E-state index is -0.875. The molecule has 19 heavy (non-hydrogen) atoms. The Bertz CT molecular complexity index is 443. The SMILES string of the molecule is CCCC(C)CC(=O)Nc1cccc(CC(=O)O)c1. The molecule has 0 saturated heterocycles. The molecule has 1 amide bonds. The van der Waals surface area contributed by atoms with Gasteiger partial charge in [0.25, 0.3) is 0 Å². The number of benzene rings is 1. The highest BCUT2D eigenvalue weighted by atomic mass is 16.4. The second kappa shape index (κ2) is 7.56. The van der Waals surface area contributed by atoms with Crippen LogP contribution in [0.4, 0.5) is 5.69 Å². The third kappa shape index (κ3) is 6.04. The van der Waals surface area contributed by atoms with E-state index in [0.717, 1.165) is 12.8 Å². The van der Waals surface area contributed by atoms with Crippen LogP contribution < -0.4 is 5.32 Å². The summed E-state index contributed by atoms with van der Waals surface area (Å²) in [5.41, 5.74) is 1.35. The molecule has 4 nitrogen and oxygen atoms in total. The predicted octanol–water partition coefficient (Wildman–Crippen LogP) is 3.08. The summed E-state index contributed by atoms with van der Waals surface area (Å²) in [5, 5.41) is 11.5. The van der Waals surface area contributed by atoms with Crippen molar-refractivity contribution in [2.75, 3.05) is 5.32 Å². The Morgan fingerprint density at radius 3 is 2.74 bits per heavy atom. The molecule has 1 aromatic rings. The van der Waals surface area contributed by atoms with Gasteiger partial charge in [0.15, 0.2) is 0 Å². The predicted molar refractivity (Wildman–Crippen MR) is 75.1 cm³/mol. The normalized spacial score (nSPS) is 11.9. The van der Waals surface area contributed by atoms with Crippen LogP contribution in [0.2, 0.25) is 0 Å². The maximum atomic E-state index is 11.8. The van der Waals surface area contributed by atoms with E-state index in [1.54, 1.807) is 24.3 Å². The number of amides is 1. The fourth-order valence-corrected chi connectivity index (χ4v) is 2.06. The smallest absolute Gasteiger partial charge is 0.307 e. The standard InChI is InChI=1S/C15H21NO3/c1-3-5-11(2)8-14(17)16-13-7-4-6-12(9-13)10-15(18)19/h4,6-7,9,11H,3,5,8,10H2,1-2H3,(H,16,17)(H,18,19). The van der Waals surface area contributed by atoms with Crippen LogP contribution >= 0.6 is 0 Å². The van der Waals surface area contributed by atoms with Crippen molar-refractivity contribution in [1.29, 1.82) is 0 Å². The van der Waals surface area contributed by atoms with Crippen LogP contribution in [0.3, 0.4) is 0 Å². The fraction of sp³-hybridized carbons (Fsp3) is 0.467. The monoisotopic (exact) mass is 263 g/mol. The van der Waals surface area contributed by atoms with E-state index in [0.29, 0.717) is 23.6 Å². The lowest BCUT2D eigenvalue weighted by Crippen LogP contribution is -2.15. The first-order valence-electron chi connectivity index (χ1n) is 6.61. The lowest BCUT2D eigenvalue weighted by Gasteiger charge is -2.11. The van der Waals surface area contributed by atoms with Gasteiger partial charge >= 0.3 is 5.97 Å². The van der Waals surface area contributed by atoms with Crippen molar-refractivity contribution >= 4 is 17.6 Å². The van der Waals surface area contributed by atoms with Gasteiger partial charge in [0.05, 0.1) is 6.42 Å². The van der Waals surface area contributed by atoms with Crippen LogP contribution in [0.25, 0.3) is 0 Å². The molecule has 104 valence electrons. The number of nitrogens with one attached hydrogen (secondary N) is 1. The van der Waals surface area contributed by atoms with E-state index in [4.69, 9.17) is 5.11 Å². The molecule has 0 bridgehead atoms. The van der Waals surface area contributed by atoms with E-state index < -0.39 is 5.97 Å². The van der Waals surface area contributed by atoms with Gasteiger partial charge < -0.3 is 10.4 Å². The zero-order chi connectivity index (χ0) is 14.3. The van der Waals surface area contributed by atoms with Gasteiger partial charge in [-0.1, -0.05) is 38.8 Å². The van der Waals surface area contributed by atoms with Gasteiger partial charge in [-0.2, -0.15) is 0 Å². The van der Waals surface area contributed by atoms with Gasteiger partial charge in [0.1, 0.15) is 0 Å². The molecule has 1 rings (SSSR count). The van der Waals surface area contributed by atoms with E-state index in [9.17, 15) is 9.59 Å². The fourth-order valence-electron chi connectivity index (χ4n) is 2.06. The number of rotatable bonds is 7. The van der Waals surface area contributed by atoms with Gasteiger partial charge in [-0.15, -0.1) is 0 Å². The van der Waals surface area contributed by atoms with Crippen molar-refractivity contribution in [2.45, 2.75) is 39.5 Å². The molecule has 0 radical (unpaired) electrons. The molecule has 4 heteroatoms. The number of aliphatic carboxylic acids is 1. The molecule has 2 N–H and O–H groups in total. The summed E-state index contributed by atoms with van der Waals surface area (Å²) in [7, 11) is 0. The van der Waals surface area contributed by atoms with Gasteiger partial charge in [0, 0.05) is 12.1 Å². The summed E-state index contributed by atoms with van der Waals surface area (Å²) < 4.78 is 0. The molecule has 0 spiro atoms. The summed E-state index contributed by atoms with van der Waals surface area (Å²) in [5.74, 6) is -0.527. The Balaban J connectivity index is 2.56. The first kappa shape index (κ1) is 15.2. The van der Waals surface area contributed by atoms with Crippen LogP contribution in [0, 0.1) is 5.92 Å². The highest BCUT2D eigenvalue weighted by molar-refractivity contribution is 5.91. The van der Waals surface area contributed by atoms with Crippen molar-refractivity contribution in [1.82, 2.24) is 0 Å². The molecular weight excluding hydrogens is 242 g/mol. The van der Waals surface area contributed by atoms with E-state index in [-0.39, 0.29) is 12.3 Å². The first-order valence-corrected chi connectivity index (χ1v) is 6.61. The molecule has 0 aliphatic carbocycles.